The summed E-state index contributed by atoms with van der Waals surface area (Å²) >= 11 is 0. The first kappa shape index (κ1) is 22.0. The number of piperazine rings is 1. The van der Waals surface area contributed by atoms with E-state index in [1.165, 1.54) is 0 Å². The van der Waals surface area contributed by atoms with Crippen LogP contribution in [-0.2, 0) is 14.4 Å². The lowest BCUT2D eigenvalue weighted by molar-refractivity contribution is -0.150. The summed E-state index contributed by atoms with van der Waals surface area (Å²) in [7, 11) is 0. The van der Waals surface area contributed by atoms with Crippen LogP contribution < -0.4 is 5.32 Å². The standard InChI is InChI=1S/C23H30N6O3/c1-16-24-11-14-27(16)19-8-4-6-17(26-19)18-7-5-13-28(18)20(30)9-10-21(31)29-15-12-25-22(32)23(29,2)3/h4,6,8,11,14,18H,5,7,9-10,12-13,15H2,1-3H3,(H,25,32). The number of nitrogens with one attached hydrogen (secondary N) is 1. The lowest BCUT2D eigenvalue weighted by Crippen LogP contribution is -2.63. The third-order valence-corrected chi connectivity index (χ3v) is 6.45. The molecule has 4 heterocycles. The van der Waals surface area contributed by atoms with Gasteiger partial charge in [-0.15, -0.1) is 0 Å². The van der Waals surface area contributed by atoms with E-state index in [2.05, 4.69) is 10.3 Å². The molecule has 0 aliphatic carbocycles. The first-order valence-corrected chi connectivity index (χ1v) is 11.1. The molecule has 32 heavy (non-hydrogen) atoms. The van der Waals surface area contributed by atoms with Gasteiger partial charge < -0.3 is 15.1 Å². The maximum Gasteiger partial charge on any atom is 0.245 e. The smallest absolute Gasteiger partial charge is 0.245 e. The fourth-order valence-electron chi connectivity index (χ4n) is 4.58. The number of carbonyl (C=O) groups is 3. The zero-order valence-electron chi connectivity index (χ0n) is 18.9. The Morgan fingerprint density at radius 2 is 1.97 bits per heavy atom. The van der Waals surface area contributed by atoms with E-state index in [4.69, 9.17) is 4.98 Å². The highest BCUT2D eigenvalue weighted by molar-refractivity contribution is 5.93. The number of aryl methyl sites for hydroxylation is 1. The second kappa shape index (κ2) is 8.72. The molecular formula is C23H30N6O3. The number of hydrogen-bond donors (Lipinski definition) is 1. The van der Waals surface area contributed by atoms with Crippen LogP contribution in [0.4, 0.5) is 0 Å². The van der Waals surface area contributed by atoms with E-state index in [0.29, 0.717) is 19.6 Å². The summed E-state index contributed by atoms with van der Waals surface area (Å²) in [5.74, 6) is 1.25. The monoisotopic (exact) mass is 438 g/mol. The molecule has 0 saturated carbocycles. The van der Waals surface area contributed by atoms with Crippen molar-refractivity contribution in [2.75, 3.05) is 19.6 Å². The molecule has 0 radical (unpaired) electrons. The van der Waals surface area contributed by atoms with Crippen molar-refractivity contribution in [1.29, 1.82) is 0 Å². The number of pyridine rings is 1. The number of rotatable bonds is 5. The SMILES string of the molecule is Cc1nccn1-c1cccc(C2CCCN2C(=O)CCC(=O)N2CCNC(=O)C2(C)C)n1. The Morgan fingerprint density at radius 1 is 1.19 bits per heavy atom. The van der Waals surface area contributed by atoms with E-state index in [1.54, 1.807) is 24.9 Å². The molecule has 0 aromatic carbocycles. The minimum atomic E-state index is -0.898. The number of hydrogen-bond acceptors (Lipinski definition) is 5. The second-order valence-electron chi connectivity index (χ2n) is 8.87. The molecule has 1 unspecified atom stereocenters. The quantitative estimate of drug-likeness (QED) is 0.767. The molecule has 2 saturated heterocycles. The van der Waals surface area contributed by atoms with E-state index in [0.717, 1.165) is 30.2 Å². The van der Waals surface area contributed by atoms with Gasteiger partial charge in [-0.3, -0.25) is 19.0 Å². The first-order chi connectivity index (χ1) is 15.3. The average molecular weight is 439 g/mol. The van der Waals surface area contributed by atoms with Crippen LogP contribution in [-0.4, -0.2) is 67.2 Å². The molecule has 0 bridgehead atoms. The fourth-order valence-corrected chi connectivity index (χ4v) is 4.58. The first-order valence-electron chi connectivity index (χ1n) is 11.1. The molecule has 3 amide bonds. The van der Waals surface area contributed by atoms with Crippen LogP contribution in [0.1, 0.15) is 57.1 Å². The number of imidazole rings is 1. The fraction of sp³-hybridized carbons (Fsp3) is 0.522. The van der Waals surface area contributed by atoms with Gasteiger partial charge in [0.15, 0.2) is 0 Å². The van der Waals surface area contributed by atoms with Gasteiger partial charge in [-0.05, 0) is 45.7 Å². The van der Waals surface area contributed by atoms with Gasteiger partial charge in [0, 0.05) is 44.9 Å². The largest absolute Gasteiger partial charge is 0.352 e. The van der Waals surface area contributed by atoms with E-state index in [-0.39, 0.29) is 36.6 Å². The van der Waals surface area contributed by atoms with Crippen LogP contribution in [0.15, 0.2) is 30.6 Å². The third-order valence-electron chi connectivity index (χ3n) is 6.45. The highest BCUT2D eigenvalue weighted by atomic mass is 16.2. The minimum absolute atomic E-state index is 0.0499. The van der Waals surface area contributed by atoms with Crippen LogP contribution in [0, 0.1) is 6.92 Å². The van der Waals surface area contributed by atoms with Gasteiger partial charge in [-0.25, -0.2) is 9.97 Å². The summed E-state index contributed by atoms with van der Waals surface area (Å²) in [6.07, 6.45) is 5.58. The third kappa shape index (κ3) is 4.11. The molecule has 2 fully saturated rings. The normalized spacial score (nSPS) is 20.3. The van der Waals surface area contributed by atoms with Crippen molar-refractivity contribution in [3.8, 4) is 5.82 Å². The van der Waals surface area contributed by atoms with Gasteiger partial charge in [0.1, 0.15) is 17.2 Å². The number of likely N-dealkylation sites (tertiary alicyclic amines) is 1. The van der Waals surface area contributed by atoms with Crippen molar-refractivity contribution in [3.63, 3.8) is 0 Å². The van der Waals surface area contributed by atoms with Crippen LogP contribution in [0.25, 0.3) is 5.82 Å². The van der Waals surface area contributed by atoms with Gasteiger partial charge in [-0.2, -0.15) is 0 Å². The number of aromatic nitrogens is 3. The molecule has 2 aromatic rings. The molecule has 2 aromatic heterocycles. The van der Waals surface area contributed by atoms with Crippen LogP contribution >= 0.6 is 0 Å². The summed E-state index contributed by atoms with van der Waals surface area (Å²) in [4.78, 5) is 50.4. The van der Waals surface area contributed by atoms with E-state index < -0.39 is 5.54 Å². The van der Waals surface area contributed by atoms with Crippen molar-refractivity contribution in [2.24, 2.45) is 0 Å². The van der Waals surface area contributed by atoms with Crippen molar-refractivity contribution >= 4 is 17.7 Å². The van der Waals surface area contributed by atoms with Gasteiger partial charge >= 0.3 is 0 Å². The van der Waals surface area contributed by atoms with E-state index in [1.807, 2.05) is 40.8 Å². The summed E-state index contributed by atoms with van der Waals surface area (Å²) in [5.41, 5.74) is -0.0497. The molecule has 4 rings (SSSR count). The molecule has 1 atom stereocenters. The van der Waals surface area contributed by atoms with E-state index >= 15 is 0 Å². The Kier molecular flexibility index (Phi) is 5.99. The summed E-state index contributed by atoms with van der Waals surface area (Å²) in [6.45, 7) is 6.95. The average Bonchev–Trinajstić information content (AvgIpc) is 3.43. The minimum Gasteiger partial charge on any atom is -0.352 e. The highest BCUT2D eigenvalue weighted by Crippen LogP contribution is 2.32. The second-order valence-corrected chi connectivity index (χ2v) is 8.87. The lowest BCUT2D eigenvalue weighted by atomic mass is 9.98. The van der Waals surface area contributed by atoms with Crippen molar-refractivity contribution in [3.05, 3.63) is 42.1 Å². The molecule has 9 heteroatoms. The Morgan fingerprint density at radius 3 is 2.72 bits per heavy atom. The van der Waals surface area contributed by atoms with Gasteiger partial charge in [0.2, 0.25) is 17.7 Å². The maximum atomic E-state index is 13.0. The van der Waals surface area contributed by atoms with Crippen LogP contribution in [0.5, 0.6) is 0 Å². The van der Waals surface area contributed by atoms with E-state index in [9.17, 15) is 14.4 Å². The number of carbonyl (C=O) groups excluding carboxylic acids is 3. The number of nitrogens with zero attached hydrogens (tertiary/aromatic N) is 5. The molecular weight excluding hydrogens is 408 g/mol. The zero-order chi connectivity index (χ0) is 22.9. The molecule has 0 spiro atoms. The van der Waals surface area contributed by atoms with Crippen LogP contribution in [0.2, 0.25) is 0 Å². The molecule has 2 aliphatic rings. The summed E-state index contributed by atoms with van der Waals surface area (Å²) in [6, 6.07) is 5.73. The highest BCUT2D eigenvalue weighted by Gasteiger charge is 2.40. The predicted molar refractivity (Wildman–Crippen MR) is 118 cm³/mol. The summed E-state index contributed by atoms with van der Waals surface area (Å²) < 4.78 is 1.92. The Bertz CT molecular complexity index is 1030. The lowest BCUT2D eigenvalue weighted by Gasteiger charge is -2.41. The Hall–Kier alpha value is -3.23. The predicted octanol–water partition coefficient (Wildman–Crippen LogP) is 1.76. The molecule has 170 valence electrons. The maximum absolute atomic E-state index is 13.0. The molecule has 9 nitrogen and oxygen atoms in total. The number of amides is 3. The molecule has 2 aliphatic heterocycles. The summed E-state index contributed by atoms with van der Waals surface area (Å²) in [5, 5.41) is 2.79. The van der Waals surface area contributed by atoms with Crippen LogP contribution in [0.3, 0.4) is 0 Å². The Labute approximate surface area is 187 Å². The molecule has 1 N–H and O–H groups in total. The van der Waals surface area contributed by atoms with Gasteiger partial charge in [0.05, 0.1) is 11.7 Å². The van der Waals surface area contributed by atoms with Crippen molar-refractivity contribution in [2.45, 2.75) is 58.0 Å². The Balaban J connectivity index is 1.43. The zero-order valence-corrected chi connectivity index (χ0v) is 18.9. The van der Waals surface area contributed by atoms with Crippen molar-refractivity contribution < 1.29 is 14.4 Å². The van der Waals surface area contributed by atoms with Gasteiger partial charge in [0.25, 0.3) is 0 Å². The van der Waals surface area contributed by atoms with Crippen molar-refractivity contribution in [1.82, 2.24) is 29.7 Å². The topological polar surface area (TPSA) is 100 Å². The van der Waals surface area contributed by atoms with Gasteiger partial charge in [-0.1, -0.05) is 6.07 Å².